The molecule has 1 aliphatic carbocycles. The summed E-state index contributed by atoms with van der Waals surface area (Å²) in [6.45, 7) is 2.43. The summed E-state index contributed by atoms with van der Waals surface area (Å²) in [5.41, 5.74) is 3.79. The number of amides is 2. The number of rotatable bonds is 6. The van der Waals surface area contributed by atoms with Crippen molar-refractivity contribution in [3.63, 3.8) is 0 Å². The highest BCUT2D eigenvalue weighted by molar-refractivity contribution is 9.10. The minimum Gasteiger partial charge on any atom is -0.459 e. The largest absolute Gasteiger partial charge is 0.459 e. The minimum atomic E-state index is -0.214. The van der Waals surface area contributed by atoms with Gasteiger partial charge < -0.3 is 14.6 Å². The number of carbonyl (C=O) groups is 2. The number of anilines is 1. The Hall–Kier alpha value is -3.39. The van der Waals surface area contributed by atoms with Crippen LogP contribution in [0.5, 0.6) is 0 Å². The fraction of sp³-hybridized carbons (Fsp3) is 0.240. The first-order chi connectivity index (χ1) is 16.0. The molecule has 0 radical (unpaired) electrons. The van der Waals surface area contributed by atoms with Crippen LogP contribution in [0.3, 0.4) is 0 Å². The number of benzene rings is 2. The van der Waals surface area contributed by atoms with E-state index in [-0.39, 0.29) is 11.8 Å². The van der Waals surface area contributed by atoms with Gasteiger partial charge in [0.05, 0.1) is 17.5 Å². The van der Waals surface area contributed by atoms with Crippen molar-refractivity contribution in [3.05, 3.63) is 76.3 Å². The molecule has 0 saturated heterocycles. The molecule has 2 aromatic carbocycles. The van der Waals surface area contributed by atoms with E-state index in [1.54, 1.807) is 28.8 Å². The van der Waals surface area contributed by atoms with Crippen molar-refractivity contribution in [2.24, 2.45) is 0 Å². The van der Waals surface area contributed by atoms with E-state index in [0.29, 0.717) is 29.4 Å². The number of hydrogen-bond donors (Lipinski definition) is 1. The van der Waals surface area contributed by atoms with Crippen molar-refractivity contribution in [2.45, 2.75) is 25.7 Å². The summed E-state index contributed by atoms with van der Waals surface area (Å²) < 4.78 is 7.98. The van der Waals surface area contributed by atoms with Crippen LogP contribution in [0.1, 0.15) is 52.3 Å². The molecule has 1 saturated carbocycles. The number of furan rings is 1. The van der Waals surface area contributed by atoms with E-state index < -0.39 is 0 Å². The molecule has 0 unspecified atom stereocenters. The van der Waals surface area contributed by atoms with Gasteiger partial charge in [0.15, 0.2) is 5.76 Å². The molecule has 1 N–H and O–H groups in total. The van der Waals surface area contributed by atoms with Crippen LogP contribution in [-0.2, 0) is 0 Å². The number of nitrogens with one attached hydrogen (secondary N) is 1. The van der Waals surface area contributed by atoms with E-state index in [9.17, 15) is 9.59 Å². The fourth-order valence-corrected chi connectivity index (χ4v) is 4.42. The van der Waals surface area contributed by atoms with Crippen molar-refractivity contribution >= 4 is 44.3 Å². The van der Waals surface area contributed by atoms with Crippen molar-refractivity contribution in [3.8, 4) is 5.69 Å². The van der Waals surface area contributed by atoms with Crippen LogP contribution in [-0.4, -0.2) is 35.2 Å². The van der Waals surface area contributed by atoms with Gasteiger partial charge in [0.25, 0.3) is 11.8 Å². The van der Waals surface area contributed by atoms with Gasteiger partial charge in [-0.15, -0.1) is 0 Å². The van der Waals surface area contributed by atoms with Gasteiger partial charge in [-0.3, -0.25) is 9.59 Å². The SMILES string of the molecule is CCN(C(=O)c1ccco1)c1cc2nn(-c3ccc(Br)cc3)c(C(=O)NC)c2cc1C1CC1. The molecule has 1 fully saturated rings. The van der Waals surface area contributed by atoms with Gasteiger partial charge in [-0.25, -0.2) is 4.68 Å². The van der Waals surface area contributed by atoms with Crippen LogP contribution < -0.4 is 10.2 Å². The molecule has 0 spiro atoms. The highest BCUT2D eigenvalue weighted by atomic mass is 79.9. The standard InChI is InChI=1S/C25H23BrN4O3/c1-3-29(25(32)22-5-4-12-33-22)21-14-20-19(13-18(21)15-6-7-15)23(24(31)27-2)30(28-20)17-10-8-16(26)9-11-17/h4-5,8-15H,3,6-7H2,1-2H3,(H,27,31). The Kier molecular flexibility index (Phi) is 5.54. The molecule has 1 aliphatic rings. The predicted molar refractivity (Wildman–Crippen MR) is 130 cm³/mol. The first-order valence-corrected chi connectivity index (χ1v) is 11.7. The fourth-order valence-electron chi connectivity index (χ4n) is 4.16. The van der Waals surface area contributed by atoms with E-state index in [1.165, 1.54) is 6.26 Å². The third-order valence-corrected chi connectivity index (χ3v) is 6.46. The Morgan fingerprint density at radius 2 is 1.97 bits per heavy atom. The number of carbonyl (C=O) groups excluding carboxylic acids is 2. The van der Waals surface area contributed by atoms with Crippen LogP contribution >= 0.6 is 15.9 Å². The number of halogens is 1. The average molecular weight is 507 g/mol. The average Bonchev–Trinajstić information content (AvgIpc) is 3.38. The highest BCUT2D eigenvalue weighted by Crippen LogP contribution is 2.46. The third-order valence-electron chi connectivity index (χ3n) is 5.93. The zero-order chi connectivity index (χ0) is 23.1. The van der Waals surface area contributed by atoms with Crippen LogP contribution in [0.2, 0.25) is 0 Å². The molecule has 0 bridgehead atoms. The zero-order valence-corrected chi connectivity index (χ0v) is 19.9. The summed E-state index contributed by atoms with van der Waals surface area (Å²) in [6, 6.07) is 15.0. The monoisotopic (exact) mass is 506 g/mol. The number of hydrogen-bond acceptors (Lipinski definition) is 4. The lowest BCUT2D eigenvalue weighted by Gasteiger charge is -2.23. The van der Waals surface area contributed by atoms with Crippen LogP contribution in [0.25, 0.3) is 16.6 Å². The summed E-state index contributed by atoms with van der Waals surface area (Å²) in [6.07, 6.45) is 3.61. The van der Waals surface area contributed by atoms with E-state index >= 15 is 0 Å². The van der Waals surface area contributed by atoms with Gasteiger partial charge in [-0.2, -0.15) is 5.10 Å². The van der Waals surface area contributed by atoms with Gasteiger partial charge in [-0.05, 0) is 79.8 Å². The van der Waals surface area contributed by atoms with Crippen molar-refractivity contribution in [2.75, 3.05) is 18.5 Å². The maximum atomic E-state index is 13.2. The second kappa shape index (κ2) is 8.51. The molecular formula is C25H23BrN4O3. The molecule has 33 heavy (non-hydrogen) atoms. The first kappa shape index (κ1) is 21.5. The molecular weight excluding hydrogens is 484 g/mol. The lowest BCUT2D eigenvalue weighted by atomic mass is 10.0. The summed E-state index contributed by atoms with van der Waals surface area (Å²) in [5, 5.41) is 8.29. The molecule has 8 heteroatoms. The second-order valence-corrected chi connectivity index (χ2v) is 8.96. The predicted octanol–water partition coefficient (Wildman–Crippen LogP) is 5.28. The van der Waals surface area contributed by atoms with Crippen LogP contribution in [0.4, 0.5) is 5.69 Å². The van der Waals surface area contributed by atoms with Gasteiger partial charge in [0.2, 0.25) is 0 Å². The lowest BCUT2D eigenvalue weighted by molar-refractivity contribution is 0.0951. The van der Waals surface area contributed by atoms with Gasteiger partial charge in [-0.1, -0.05) is 15.9 Å². The van der Waals surface area contributed by atoms with E-state index in [2.05, 4.69) is 21.2 Å². The van der Waals surface area contributed by atoms with E-state index in [0.717, 1.165) is 39.6 Å². The Bertz CT molecular complexity index is 1340. The minimum absolute atomic E-state index is 0.192. The first-order valence-electron chi connectivity index (χ1n) is 10.9. The highest BCUT2D eigenvalue weighted by Gasteiger charge is 2.32. The molecule has 5 rings (SSSR count). The second-order valence-electron chi connectivity index (χ2n) is 8.05. The smallest absolute Gasteiger partial charge is 0.293 e. The third kappa shape index (κ3) is 3.84. The summed E-state index contributed by atoms with van der Waals surface area (Å²) in [7, 11) is 1.62. The Morgan fingerprint density at radius 3 is 2.58 bits per heavy atom. The van der Waals surface area contributed by atoms with E-state index in [4.69, 9.17) is 9.52 Å². The maximum Gasteiger partial charge on any atom is 0.293 e. The maximum absolute atomic E-state index is 13.2. The van der Waals surface area contributed by atoms with Crippen LogP contribution in [0.15, 0.2) is 63.7 Å². The van der Waals surface area contributed by atoms with Gasteiger partial charge >= 0.3 is 0 Å². The molecule has 168 valence electrons. The number of fused-ring (bicyclic) bond motifs is 1. The zero-order valence-electron chi connectivity index (χ0n) is 18.3. The number of aromatic nitrogens is 2. The van der Waals surface area contributed by atoms with Crippen LogP contribution in [0, 0.1) is 0 Å². The molecule has 0 aliphatic heterocycles. The molecule has 7 nitrogen and oxygen atoms in total. The number of nitrogens with zero attached hydrogens (tertiary/aromatic N) is 3. The van der Waals surface area contributed by atoms with Crippen molar-refractivity contribution in [1.82, 2.24) is 15.1 Å². The van der Waals surface area contributed by atoms with Crippen molar-refractivity contribution < 1.29 is 14.0 Å². The quantitative estimate of drug-likeness (QED) is 0.385. The summed E-state index contributed by atoms with van der Waals surface area (Å²) >= 11 is 3.46. The Morgan fingerprint density at radius 1 is 1.21 bits per heavy atom. The van der Waals surface area contributed by atoms with Crippen molar-refractivity contribution in [1.29, 1.82) is 0 Å². The summed E-state index contributed by atoms with van der Waals surface area (Å²) in [5.74, 6) is 0.248. The molecule has 2 heterocycles. The molecule has 2 amide bonds. The normalized spacial score (nSPS) is 13.3. The molecule has 2 aromatic heterocycles. The molecule has 0 atom stereocenters. The summed E-state index contributed by atoms with van der Waals surface area (Å²) in [4.78, 5) is 27.8. The van der Waals surface area contributed by atoms with Gasteiger partial charge in [0.1, 0.15) is 5.69 Å². The van der Waals surface area contributed by atoms with E-state index in [1.807, 2.05) is 43.3 Å². The van der Waals surface area contributed by atoms with Gasteiger partial charge in [0, 0.05) is 29.1 Å². The lowest BCUT2D eigenvalue weighted by Crippen LogP contribution is -2.31. The molecule has 4 aromatic rings. The topological polar surface area (TPSA) is 80.4 Å². The Labute approximate surface area is 199 Å². The Balaban J connectivity index is 1.72.